The lowest BCUT2D eigenvalue weighted by atomic mass is 9.92. The van der Waals surface area contributed by atoms with Gasteiger partial charge in [0.25, 0.3) is 5.91 Å². The molecule has 5 nitrogen and oxygen atoms in total. The van der Waals surface area contributed by atoms with Gasteiger partial charge in [0.05, 0.1) is 16.7 Å². The van der Waals surface area contributed by atoms with Crippen molar-refractivity contribution in [2.45, 2.75) is 33.4 Å². The normalized spacial score (nSPS) is 18.7. The average molecular weight is 394 g/mol. The molecule has 1 spiro atoms. The van der Waals surface area contributed by atoms with Crippen molar-refractivity contribution in [1.29, 1.82) is 0 Å². The maximum atomic E-state index is 13.7. The molecule has 1 unspecified atom stereocenters. The number of nitrogens with zero attached hydrogens (tertiary/aromatic N) is 2. The summed E-state index contributed by atoms with van der Waals surface area (Å²) in [6.07, 6.45) is 0. The fourth-order valence-electron chi connectivity index (χ4n) is 4.98. The summed E-state index contributed by atoms with van der Waals surface area (Å²) in [7, 11) is 0. The third-order valence-corrected chi connectivity index (χ3v) is 6.53. The largest absolute Gasteiger partial charge is 0.350 e. The molecule has 3 heterocycles. The maximum Gasteiger partial charge on any atom is 0.276 e. The number of fused-ring (bicyclic) bond motifs is 8. The van der Waals surface area contributed by atoms with Gasteiger partial charge >= 0.3 is 0 Å². The predicted molar refractivity (Wildman–Crippen MR) is 120 cm³/mol. The monoisotopic (exact) mass is 394 g/mol. The summed E-state index contributed by atoms with van der Waals surface area (Å²) in [5, 5.41) is 6.77. The van der Waals surface area contributed by atoms with Crippen LogP contribution in [-0.2, 0) is 10.5 Å². The molecule has 0 bridgehead atoms. The Labute approximate surface area is 174 Å². The molecule has 0 aliphatic carbocycles. The molecular formula is C25H22N4O. The smallest absolute Gasteiger partial charge is 0.276 e. The summed E-state index contributed by atoms with van der Waals surface area (Å²) in [5.74, 6) is 0.728. The van der Waals surface area contributed by atoms with Gasteiger partial charge in [-0.3, -0.25) is 9.36 Å². The average Bonchev–Trinajstić information content (AvgIpc) is 3.20. The van der Waals surface area contributed by atoms with Crippen molar-refractivity contribution >= 4 is 28.3 Å². The van der Waals surface area contributed by atoms with Gasteiger partial charge in [0.2, 0.25) is 5.66 Å². The molecule has 2 N–H and O–H groups in total. The molecule has 6 rings (SSSR count). The van der Waals surface area contributed by atoms with E-state index in [1.807, 2.05) is 25.1 Å². The van der Waals surface area contributed by atoms with Gasteiger partial charge in [0.15, 0.2) is 0 Å². The highest BCUT2D eigenvalue weighted by atomic mass is 16.2. The topological polar surface area (TPSA) is 59.0 Å². The van der Waals surface area contributed by atoms with Crippen molar-refractivity contribution in [2.24, 2.45) is 0 Å². The number of rotatable bonds is 0. The lowest BCUT2D eigenvalue weighted by molar-refractivity contribution is -0.120. The van der Waals surface area contributed by atoms with Crippen LogP contribution in [0.5, 0.6) is 0 Å². The van der Waals surface area contributed by atoms with E-state index in [1.165, 1.54) is 11.1 Å². The van der Waals surface area contributed by atoms with Crippen LogP contribution in [0.4, 0.5) is 11.4 Å². The highest BCUT2D eigenvalue weighted by Crippen LogP contribution is 2.49. The van der Waals surface area contributed by atoms with E-state index >= 15 is 0 Å². The molecule has 2 aliphatic rings. The van der Waals surface area contributed by atoms with E-state index in [0.29, 0.717) is 0 Å². The first-order chi connectivity index (χ1) is 14.4. The third kappa shape index (κ3) is 1.97. The summed E-state index contributed by atoms with van der Waals surface area (Å²) in [6.45, 7) is 8.31. The van der Waals surface area contributed by atoms with Crippen LogP contribution >= 0.6 is 0 Å². The Kier molecular flexibility index (Phi) is 3.17. The first-order valence-electron chi connectivity index (χ1n) is 10.2. The first-order valence-corrected chi connectivity index (χ1v) is 10.2. The molecule has 1 aromatic heterocycles. The molecule has 0 radical (unpaired) electrons. The molecule has 5 heteroatoms. The zero-order chi connectivity index (χ0) is 20.8. The summed E-state index contributed by atoms with van der Waals surface area (Å²) < 4.78 is 2.09. The van der Waals surface area contributed by atoms with Gasteiger partial charge in [0.1, 0.15) is 5.82 Å². The summed E-state index contributed by atoms with van der Waals surface area (Å²) in [6, 6.07) is 16.5. The van der Waals surface area contributed by atoms with E-state index in [0.717, 1.165) is 50.5 Å². The molecule has 0 saturated carbocycles. The van der Waals surface area contributed by atoms with Crippen molar-refractivity contribution in [3.05, 3.63) is 76.3 Å². The predicted octanol–water partition coefficient (Wildman–Crippen LogP) is 5.02. The molecular weight excluding hydrogens is 372 g/mol. The molecule has 3 aromatic carbocycles. The first kappa shape index (κ1) is 17.3. The second-order valence-electron chi connectivity index (χ2n) is 8.54. The van der Waals surface area contributed by atoms with E-state index in [9.17, 15) is 4.79 Å². The zero-order valence-corrected chi connectivity index (χ0v) is 17.4. The Morgan fingerprint density at radius 2 is 1.70 bits per heavy atom. The third-order valence-electron chi connectivity index (χ3n) is 6.53. The second kappa shape index (κ2) is 5.51. The Hall–Kier alpha value is -3.60. The minimum atomic E-state index is -1.08. The van der Waals surface area contributed by atoms with Gasteiger partial charge in [-0.05, 0) is 74.7 Å². The van der Waals surface area contributed by atoms with Crippen molar-refractivity contribution in [3.8, 4) is 11.4 Å². The van der Waals surface area contributed by atoms with Crippen LogP contribution in [0.25, 0.3) is 22.4 Å². The standard InChI is InChI=1S/C25H22N4O/c1-13-9-16(4)22-18(10-13)25(24(30)27-22)28-19-8-6-5-7-17(19)23-26-20-11-14(2)15(3)12-21(20)29(23)25/h5-12,28H,1-4H3,(H,27,30). The number of nitrogens with one attached hydrogen (secondary N) is 2. The fraction of sp³-hybridized carbons (Fsp3) is 0.200. The van der Waals surface area contributed by atoms with Crippen LogP contribution in [0.2, 0.25) is 0 Å². The number of benzene rings is 3. The van der Waals surface area contributed by atoms with Crippen LogP contribution < -0.4 is 10.6 Å². The van der Waals surface area contributed by atoms with Gasteiger partial charge in [-0.15, -0.1) is 0 Å². The van der Waals surface area contributed by atoms with E-state index < -0.39 is 5.66 Å². The van der Waals surface area contributed by atoms with Crippen LogP contribution in [0.15, 0.2) is 48.5 Å². The van der Waals surface area contributed by atoms with Crippen LogP contribution in [0.1, 0.15) is 27.8 Å². The van der Waals surface area contributed by atoms with E-state index in [1.54, 1.807) is 0 Å². The van der Waals surface area contributed by atoms with Gasteiger partial charge < -0.3 is 10.6 Å². The van der Waals surface area contributed by atoms with Crippen LogP contribution in [0.3, 0.4) is 0 Å². The molecule has 0 fully saturated rings. The molecule has 30 heavy (non-hydrogen) atoms. The SMILES string of the molecule is Cc1cc(C)c2c(c1)C1(Nc3ccccc3-c3nc4cc(C)c(C)cc4n31)C(=O)N2. The Morgan fingerprint density at radius 1 is 0.933 bits per heavy atom. The highest BCUT2D eigenvalue weighted by Gasteiger charge is 2.53. The van der Waals surface area contributed by atoms with Gasteiger partial charge in [-0.25, -0.2) is 4.98 Å². The Morgan fingerprint density at radius 3 is 2.53 bits per heavy atom. The number of carbonyl (C=O) groups is 1. The summed E-state index contributed by atoms with van der Waals surface area (Å²) in [5.41, 5.74) is 9.08. The van der Waals surface area contributed by atoms with Gasteiger partial charge in [-0.2, -0.15) is 0 Å². The van der Waals surface area contributed by atoms with Gasteiger partial charge in [-0.1, -0.05) is 23.8 Å². The minimum Gasteiger partial charge on any atom is -0.350 e. The molecule has 1 atom stereocenters. The second-order valence-corrected chi connectivity index (χ2v) is 8.54. The number of aryl methyl sites for hydroxylation is 4. The van der Waals surface area contributed by atoms with E-state index in [-0.39, 0.29) is 5.91 Å². The molecule has 2 aliphatic heterocycles. The zero-order valence-electron chi connectivity index (χ0n) is 17.4. The van der Waals surface area contributed by atoms with Crippen LogP contribution in [0, 0.1) is 27.7 Å². The van der Waals surface area contributed by atoms with Crippen molar-refractivity contribution in [1.82, 2.24) is 9.55 Å². The minimum absolute atomic E-state index is 0.0838. The van der Waals surface area contributed by atoms with E-state index in [4.69, 9.17) is 4.98 Å². The molecule has 0 saturated heterocycles. The lowest BCUT2D eigenvalue weighted by Gasteiger charge is -2.37. The van der Waals surface area contributed by atoms with Gasteiger partial charge in [0, 0.05) is 16.8 Å². The highest BCUT2D eigenvalue weighted by molar-refractivity contribution is 6.11. The maximum absolute atomic E-state index is 13.7. The summed E-state index contributed by atoms with van der Waals surface area (Å²) >= 11 is 0. The number of hydrogen-bond donors (Lipinski definition) is 2. The number of anilines is 2. The number of amides is 1. The Bertz CT molecular complexity index is 1410. The van der Waals surface area contributed by atoms with E-state index in [2.05, 4.69) is 66.3 Å². The summed E-state index contributed by atoms with van der Waals surface area (Å²) in [4.78, 5) is 18.7. The van der Waals surface area contributed by atoms with Crippen LogP contribution in [-0.4, -0.2) is 15.5 Å². The number of carbonyl (C=O) groups excluding carboxylic acids is 1. The van der Waals surface area contributed by atoms with Crippen molar-refractivity contribution < 1.29 is 4.79 Å². The fourth-order valence-corrected chi connectivity index (χ4v) is 4.98. The number of aromatic nitrogens is 2. The van der Waals surface area contributed by atoms with Crippen molar-refractivity contribution in [3.63, 3.8) is 0 Å². The lowest BCUT2D eigenvalue weighted by Crippen LogP contribution is -2.50. The number of para-hydroxylation sites is 1. The molecule has 4 aromatic rings. The molecule has 1 amide bonds. The quantitative estimate of drug-likeness (QED) is 0.440. The number of imidazole rings is 1. The molecule has 148 valence electrons. The van der Waals surface area contributed by atoms with Crippen molar-refractivity contribution in [2.75, 3.05) is 10.6 Å². The number of hydrogen-bond acceptors (Lipinski definition) is 3. The Balaban J connectivity index is 1.81.